The Hall–Kier alpha value is -2.34. The number of hydrogen-bond acceptors (Lipinski definition) is 3. The minimum absolute atomic E-state index is 0.0342. The quantitative estimate of drug-likeness (QED) is 0.714. The van der Waals surface area contributed by atoms with E-state index in [1.807, 2.05) is 43.3 Å². The number of nitrogens with zero attached hydrogens (tertiary/aromatic N) is 1. The molecule has 6 heteroatoms. The minimum atomic E-state index is -0.181. The number of carbonyl (C=O) groups excluding carboxylic acids is 1. The fourth-order valence-electron chi connectivity index (χ4n) is 2.29. The van der Waals surface area contributed by atoms with Gasteiger partial charge in [-0.1, -0.05) is 28.1 Å². The van der Waals surface area contributed by atoms with Crippen molar-refractivity contribution in [1.29, 1.82) is 0 Å². The lowest BCUT2D eigenvalue weighted by molar-refractivity contribution is 0.0934. The Bertz CT molecular complexity index is 779. The SMILES string of the molecule is CC(Cc1ccco1)NC(=O)c1cc(-c2ccc(Br)cc2)n[nH]1. The van der Waals surface area contributed by atoms with E-state index in [1.54, 1.807) is 12.3 Å². The first-order valence-electron chi connectivity index (χ1n) is 7.26. The lowest BCUT2D eigenvalue weighted by Gasteiger charge is -2.11. The number of benzene rings is 1. The topological polar surface area (TPSA) is 70.9 Å². The van der Waals surface area contributed by atoms with Gasteiger partial charge in [-0.3, -0.25) is 9.89 Å². The normalized spacial score (nSPS) is 12.1. The van der Waals surface area contributed by atoms with Gasteiger partial charge in [0.25, 0.3) is 5.91 Å². The van der Waals surface area contributed by atoms with E-state index >= 15 is 0 Å². The standard InChI is InChI=1S/C17H16BrN3O2/c1-11(9-14-3-2-8-23-14)19-17(22)16-10-15(20-21-16)12-4-6-13(18)7-5-12/h2-8,10-11H,9H2,1H3,(H,19,22)(H,20,21). The van der Waals surface area contributed by atoms with Crippen LogP contribution in [0.1, 0.15) is 23.2 Å². The van der Waals surface area contributed by atoms with Gasteiger partial charge in [0.05, 0.1) is 12.0 Å². The van der Waals surface area contributed by atoms with E-state index in [9.17, 15) is 4.79 Å². The van der Waals surface area contributed by atoms with E-state index < -0.39 is 0 Å². The molecular formula is C17H16BrN3O2. The van der Waals surface area contributed by atoms with Crippen LogP contribution in [0.25, 0.3) is 11.3 Å². The van der Waals surface area contributed by atoms with Crippen LogP contribution in [0.2, 0.25) is 0 Å². The summed E-state index contributed by atoms with van der Waals surface area (Å²) in [6.07, 6.45) is 2.27. The van der Waals surface area contributed by atoms with Gasteiger partial charge in [-0.2, -0.15) is 5.10 Å². The van der Waals surface area contributed by atoms with E-state index in [2.05, 4.69) is 31.4 Å². The van der Waals surface area contributed by atoms with Crippen molar-refractivity contribution in [2.45, 2.75) is 19.4 Å². The summed E-state index contributed by atoms with van der Waals surface area (Å²) in [6, 6.07) is 13.2. The minimum Gasteiger partial charge on any atom is -0.469 e. The maximum absolute atomic E-state index is 12.3. The maximum Gasteiger partial charge on any atom is 0.269 e. The molecular weight excluding hydrogens is 358 g/mol. The maximum atomic E-state index is 12.3. The van der Waals surface area contributed by atoms with Gasteiger partial charge in [0.2, 0.25) is 0 Å². The molecule has 2 N–H and O–H groups in total. The Morgan fingerprint density at radius 3 is 2.83 bits per heavy atom. The number of nitrogens with one attached hydrogen (secondary N) is 2. The highest BCUT2D eigenvalue weighted by Gasteiger charge is 2.14. The van der Waals surface area contributed by atoms with Crippen LogP contribution in [0.4, 0.5) is 0 Å². The molecule has 1 amide bonds. The molecule has 0 saturated carbocycles. The first-order valence-corrected chi connectivity index (χ1v) is 8.06. The van der Waals surface area contributed by atoms with E-state index in [4.69, 9.17) is 4.42 Å². The number of H-pyrrole nitrogens is 1. The Kier molecular flexibility index (Phi) is 4.62. The van der Waals surface area contributed by atoms with Crippen LogP contribution >= 0.6 is 15.9 Å². The van der Waals surface area contributed by atoms with Crippen LogP contribution < -0.4 is 5.32 Å². The van der Waals surface area contributed by atoms with Gasteiger partial charge in [-0.05, 0) is 37.3 Å². The second-order valence-corrected chi connectivity index (χ2v) is 6.25. The molecule has 2 aromatic heterocycles. The summed E-state index contributed by atoms with van der Waals surface area (Å²) in [7, 11) is 0. The van der Waals surface area contributed by atoms with Crippen LogP contribution in [-0.2, 0) is 6.42 Å². The fourth-order valence-corrected chi connectivity index (χ4v) is 2.55. The molecule has 23 heavy (non-hydrogen) atoms. The van der Waals surface area contributed by atoms with Gasteiger partial charge in [0.1, 0.15) is 11.5 Å². The summed E-state index contributed by atoms with van der Waals surface area (Å²) >= 11 is 3.40. The average Bonchev–Trinajstić information content (AvgIpc) is 3.19. The van der Waals surface area contributed by atoms with Gasteiger partial charge in [0.15, 0.2) is 0 Å². The number of rotatable bonds is 5. The van der Waals surface area contributed by atoms with Gasteiger partial charge in [-0.25, -0.2) is 0 Å². The molecule has 0 aliphatic rings. The Morgan fingerprint density at radius 2 is 2.13 bits per heavy atom. The lowest BCUT2D eigenvalue weighted by atomic mass is 10.1. The van der Waals surface area contributed by atoms with Crippen LogP contribution in [0.5, 0.6) is 0 Å². The third-order valence-corrected chi connectivity index (χ3v) is 3.96. The van der Waals surface area contributed by atoms with Crippen molar-refractivity contribution in [3.05, 3.63) is 64.7 Å². The van der Waals surface area contributed by atoms with Crippen molar-refractivity contribution in [2.24, 2.45) is 0 Å². The predicted octanol–water partition coefficient (Wildman–Crippen LogP) is 3.79. The number of aromatic nitrogens is 2. The molecule has 2 heterocycles. The van der Waals surface area contributed by atoms with Crippen molar-refractivity contribution in [3.63, 3.8) is 0 Å². The monoisotopic (exact) mass is 373 g/mol. The molecule has 1 aromatic carbocycles. The van der Waals surface area contributed by atoms with Gasteiger partial charge in [-0.15, -0.1) is 0 Å². The number of aromatic amines is 1. The van der Waals surface area contributed by atoms with Crippen molar-refractivity contribution in [2.75, 3.05) is 0 Å². The first kappa shape index (κ1) is 15.6. The lowest BCUT2D eigenvalue weighted by Crippen LogP contribution is -2.34. The molecule has 0 spiro atoms. The highest BCUT2D eigenvalue weighted by molar-refractivity contribution is 9.10. The van der Waals surface area contributed by atoms with Crippen LogP contribution in [-0.4, -0.2) is 22.1 Å². The van der Waals surface area contributed by atoms with Crippen molar-refractivity contribution < 1.29 is 9.21 Å². The molecule has 3 aromatic rings. The zero-order valence-electron chi connectivity index (χ0n) is 12.5. The first-order chi connectivity index (χ1) is 11.1. The molecule has 118 valence electrons. The van der Waals surface area contributed by atoms with Gasteiger partial charge < -0.3 is 9.73 Å². The summed E-state index contributed by atoms with van der Waals surface area (Å²) in [5.74, 6) is 0.665. The molecule has 0 aliphatic carbocycles. The van der Waals surface area contributed by atoms with E-state index in [0.29, 0.717) is 12.1 Å². The molecule has 5 nitrogen and oxygen atoms in total. The summed E-state index contributed by atoms with van der Waals surface area (Å²) in [6.45, 7) is 1.94. The number of halogens is 1. The molecule has 0 fully saturated rings. The predicted molar refractivity (Wildman–Crippen MR) is 91.1 cm³/mol. The summed E-state index contributed by atoms with van der Waals surface area (Å²) < 4.78 is 6.29. The van der Waals surface area contributed by atoms with Crippen molar-refractivity contribution >= 4 is 21.8 Å². The zero-order valence-corrected chi connectivity index (χ0v) is 14.1. The summed E-state index contributed by atoms with van der Waals surface area (Å²) in [5, 5.41) is 9.92. The van der Waals surface area contributed by atoms with Gasteiger partial charge in [0, 0.05) is 22.5 Å². The van der Waals surface area contributed by atoms with E-state index in [0.717, 1.165) is 21.5 Å². The highest BCUT2D eigenvalue weighted by Crippen LogP contribution is 2.20. The number of carbonyl (C=O) groups is 1. The van der Waals surface area contributed by atoms with Crippen molar-refractivity contribution in [3.8, 4) is 11.3 Å². The van der Waals surface area contributed by atoms with E-state index in [1.165, 1.54) is 0 Å². The van der Waals surface area contributed by atoms with Crippen molar-refractivity contribution in [1.82, 2.24) is 15.5 Å². The van der Waals surface area contributed by atoms with Crippen LogP contribution in [0.15, 0.2) is 57.6 Å². The zero-order chi connectivity index (χ0) is 16.2. The molecule has 0 bridgehead atoms. The van der Waals surface area contributed by atoms with Gasteiger partial charge >= 0.3 is 0 Å². The Morgan fingerprint density at radius 1 is 1.35 bits per heavy atom. The molecule has 0 saturated heterocycles. The van der Waals surface area contributed by atoms with Crippen LogP contribution in [0.3, 0.4) is 0 Å². The second-order valence-electron chi connectivity index (χ2n) is 5.33. The average molecular weight is 374 g/mol. The molecule has 0 aliphatic heterocycles. The Balaban J connectivity index is 1.65. The Labute approximate surface area is 142 Å². The third-order valence-electron chi connectivity index (χ3n) is 3.43. The largest absolute Gasteiger partial charge is 0.469 e. The van der Waals surface area contributed by atoms with Crippen LogP contribution in [0, 0.1) is 0 Å². The fraction of sp³-hybridized carbons (Fsp3) is 0.176. The second kappa shape index (κ2) is 6.83. The smallest absolute Gasteiger partial charge is 0.269 e. The number of furan rings is 1. The summed E-state index contributed by atoms with van der Waals surface area (Å²) in [5.41, 5.74) is 2.13. The molecule has 1 atom stereocenters. The molecule has 1 unspecified atom stereocenters. The third kappa shape index (κ3) is 3.90. The molecule has 0 radical (unpaired) electrons. The summed E-state index contributed by atoms with van der Waals surface area (Å²) in [4.78, 5) is 12.3. The number of hydrogen-bond donors (Lipinski definition) is 2. The highest BCUT2D eigenvalue weighted by atomic mass is 79.9. The molecule has 3 rings (SSSR count). The van der Waals surface area contributed by atoms with E-state index in [-0.39, 0.29) is 11.9 Å². The number of amides is 1.